The smallest absolute Gasteiger partial charge is 0.323 e. The van der Waals surface area contributed by atoms with E-state index in [1.165, 1.54) is 18.2 Å². The molecular weight excluding hydrogens is 390 g/mol. The first-order valence-electron chi connectivity index (χ1n) is 9.96. The maximum absolute atomic E-state index is 13.9. The molecule has 1 amide bonds. The van der Waals surface area contributed by atoms with Crippen LogP contribution in [0.25, 0.3) is 10.9 Å². The number of amides is 1. The number of aliphatic carboxylic acids is 1. The van der Waals surface area contributed by atoms with Gasteiger partial charge in [0.25, 0.3) is 0 Å². The Hall–Kier alpha value is -3.22. The number of aryl methyl sites for hydroxylation is 1. The van der Waals surface area contributed by atoms with Crippen LogP contribution in [0.1, 0.15) is 29.7 Å². The van der Waals surface area contributed by atoms with Crippen LogP contribution in [0.5, 0.6) is 0 Å². The van der Waals surface area contributed by atoms with Gasteiger partial charge in [0.15, 0.2) is 0 Å². The first-order valence-corrected chi connectivity index (χ1v) is 9.96. The van der Waals surface area contributed by atoms with Crippen molar-refractivity contribution in [3.8, 4) is 0 Å². The molecular formula is C23H22F2N2O3. The summed E-state index contributed by atoms with van der Waals surface area (Å²) in [6, 6.07) is 10.6. The second-order valence-corrected chi connectivity index (χ2v) is 7.67. The van der Waals surface area contributed by atoms with E-state index in [4.69, 9.17) is 0 Å². The van der Waals surface area contributed by atoms with Crippen LogP contribution in [0, 0.1) is 11.6 Å². The number of nitrogens with zero attached hydrogens (tertiary/aromatic N) is 1. The van der Waals surface area contributed by atoms with Gasteiger partial charge in [0, 0.05) is 29.1 Å². The predicted molar refractivity (Wildman–Crippen MR) is 108 cm³/mol. The SMILES string of the molecule is O=C(O)Cn1c2c(c3cc(F)ccc31)CC(NC(=O)CCc1ccccc1F)CC2. The van der Waals surface area contributed by atoms with E-state index >= 15 is 0 Å². The second-order valence-electron chi connectivity index (χ2n) is 7.67. The molecule has 1 aliphatic rings. The minimum Gasteiger partial charge on any atom is -0.480 e. The zero-order valence-electron chi connectivity index (χ0n) is 16.3. The van der Waals surface area contributed by atoms with Gasteiger partial charge in [-0.3, -0.25) is 9.59 Å². The number of aromatic nitrogens is 1. The van der Waals surface area contributed by atoms with Gasteiger partial charge in [0.2, 0.25) is 5.91 Å². The molecule has 0 saturated carbocycles. The summed E-state index contributed by atoms with van der Waals surface area (Å²) in [4.78, 5) is 23.7. The fourth-order valence-electron chi connectivity index (χ4n) is 4.31. The van der Waals surface area contributed by atoms with Gasteiger partial charge < -0.3 is 15.0 Å². The molecule has 1 heterocycles. The summed E-state index contributed by atoms with van der Waals surface area (Å²) < 4.78 is 29.3. The van der Waals surface area contributed by atoms with Crippen LogP contribution in [-0.4, -0.2) is 27.6 Å². The molecule has 0 bridgehead atoms. The van der Waals surface area contributed by atoms with Crippen molar-refractivity contribution in [2.24, 2.45) is 0 Å². The monoisotopic (exact) mass is 412 g/mol. The Balaban J connectivity index is 1.50. The van der Waals surface area contributed by atoms with E-state index in [1.807, 2.05) is 0 Å². The van der Waals surface area contributed by atoms with Crippen molar-refractivity contribution in [3.05, 3.63) is 70.9 Å². The van der Waals surface area contributed by atoms with Crippen LogP contribution >= 0.6 is 0 Å². The Morgan fingerprint density at radius 2 is 1.97 bits per heavy atom. The van der Waals surface area contributed by atoms with Crippen molar-refractivity contribution in [3.63, 3.8) is 0 Å². The van der Waals surface area contributed by atoms with Gasteiger partial charge in [-0.25, -0.2) is 8.78 Å². The van der Waals surface area contributed by atoms with Crippen molar-refractivity contribution < 1.29 is 23.5 Å². The number of rotatable bonds is 6. The van der Waals surface area contributed by atoms with Crippen molar-refractivity contribution in [1.82, 2.24) is 9.88 Å². The van der Waals surface area contributed by atoms with E-state index in [1.54, 1.807) is 28.8 Å². The van der Waals surface area contributed by atoms with Crippen molar-refractivity contribution in [2.75, 3.05) is 0 Å². The molecule has 2 aromatic carbocycles. The van der Waals surface area contributed by atoms with Gasteiger partial charge >= 0.3 is 5.97 Å². The van der Waals surface area contributed by atoms with Crippen LogP contribution in [0.2, 0.25) is 0 Å². The Kier molecular flexibility index (Phi) is 5.53. The number of carboxylic acids is 1. The Labute approximate surface area is 172 Å². The molecule has 3 aromatic rings. The molecule has 0 spiro atoms. The number of halogens is 2. The van der Waals surface area contributed by atoms with E-state index in [0.717, 1.165) is 11.3 Å². The summed E-state index contributed by atoms with van der Waals surface area (Å²) >= 11 is 0. The highest BCUT2D eigenvalue weighted by atomic mass is 19.1. The van der Waals surface area contributed by atoms with E-state index in [0.29, 0.717) is 42.1 Å². The molecule has 7 heteroatoms. The van der Waals surface area contributed by atoms with Crippen molar-refractivity contribution in [2.45, 2.75) is 44.7 Å². The third-order valence-electron chi connectivity index (χ3n) is 5.67. The average Bonchev–Trinajstić information content (AvgIpc) is 2.99. The quantitative estimate of drug-likeness (QED) is 0.650. The lowest BCUT2D eigenvalue weighted by Gasteiger charge is -2.25. The number of nitrogens with one attached hydrogen (secondary N) is 1. The Morgan fingerprint density at radius 3 is 2.73 bits per heavy atom. The van der Waals surface area contributed by atoms with E-state index in [9.17, 15) is 23.5 Å². The molecule has 0 aliphatic heterocycles. The number of fused-ring (bicyclic) bond motifs is 3. The Morgan fingerprint density at radius 1 is 1.17 bits per heavy atom. The fourth-order valence-corrected chi connectivity index (χ4v) is 4.31. The first-order chi connectivity index (χ1) is 14.4. The first kappa shape index (κ1) is 20.1. The lowest BCUT2D eigenvalue weighted by atomic mass is 9.91. The highest BCUT2D eigenvalue weighted by molar-refractivity contribution is 5.87. The molecule has 4 rings (SSSR count). The molecule has 0 fully saturated rings. The molecule has 0 saturated heterocycles. The third kappa shape index (κ3) is 4.06. The zero-order chi connectivity index (χ0) is 21.3. The van der Waals surface area contributed by atoms with Gasteiger partial charge in [-0.2, -0.15) is 0 Å². The normalized spacial score (nSPS) is 15.7. The summed E-state index contributed by atoms with van der Waals surface area (Å²) in [7, 11) is 0. The fraction of sp³-hybridized carbons (Fsp3) is 0.304. The number of hydrogen-bond acceptors (Lipinski definition) is 2. The third-order valence-corrected chi connectivity index (χ3v) is 5.67. The lowest BCUT2D eigenvalue weighted by molar-refractivity contribution is -0.137. The van der Waals surface area contributed by atoms with Crippen LogP contribution in [0.3, 0.4) is 0 Å². The summed E-state index contributed by atoms with van der Waals surface area (Å²) in [5.41, 5.74) is 2.97. The zero-order valence-corrected chi connectivity index (χ0v) is 16.3. The second kappa shape index (κ2) is 8.26. The predicted octanol–water partition coefficient (Wildman–Crippen LogP) is 3.61. The van der Waals surface area contributed by atoms with Crippen molar-refractivity contribution in [1.29, 1.82) is 0 Å². The van der Waals surface area contributed by atoms with Gasteiger partial charge in [0.1, 0.15) is 18.2 Å². The summed E-state index contributed by atoms with van der Waals surface area (Å²) in [5.74, 6) is -1.82. The topological polar surface area (TPSA) is 71.3 Å². The van der Waals surface area contributed by atoms with E-state index in [-0.39, 0.29) is 36.5 Å². The van der Waals surface area contributed by atoms with E-state index < -0.39 is 5.97 Å². The minimum absolute atomic E-state index is 0.127. The highest BCUT2D eigenvalue weighted by Crippen LogP contribution is 2.33. The van der Waals surface area contributed by atoms with Gasteiger partial charge in [-0.1, -0.05) is 18.2 Å². The summed E-state index contributed by atoms with van der Waals surface area (Å²) in [5, 5.41) is 13.0. The maximum atomic E-state index is 13.9. The minimum atomic E-state index is -0.956. The number of hydrogen-bond donors (Lipinski definition) is 2. The average molecular weight is 412 g/mol. The molecule has 30 heavy (non-hydrogen) atoms. The van der Waals surface area contributed by atoms with Crippen LogP contribution in [0.15, 0.2) is 42.5 Å². The summed E-state index contributed by atoms with van der Waals surface area (Å²) in [6.45, 7) is -0.183. The molecule has 1 aromatic heterocycles. The van der Waals surface area contributed by atoms with Gasteiger partial charge in [0.05, 0.1) is 0 Å². The molecule has 5 nitrogen and oxygen atoms in total. The number of carboxylic acid groups (broad SMARTS) is 1. The van der Waals surface area contributed by atoms with Crippen LogP contribution in [-0.2, 0) is 35.4 Å². The van der Waals surface area contributed by atoms with Crippen LogP contribution < -0.4 is 5.32 Å². The van der Waals surface area contributed by atoms with Gasteiger partial charge in [-0.15, -0.1) is 0 Å². The van der Waals surface area contributed by atoms with E-state index in [2.05, 4.69) is 5.32 Å². The van der Waals surface area contributed by atoms with Crippen molar-refractivity contribution >= 4 is 22.8 Å². The lowest BCUT2D eigenvalue weighted by Crippen LogP contribution is -2.39. The summed E-state index contributed by atoms with van der Waals surface area (Å²) in [6.07, 6.45) is 2.26. The Bertz CT molecular complexity index is 1120. The number of benzene rings is 2. The number of carbonyl (C=O) groups excluding carboxylic acids is 1. The van der Waals surface area contributed by atoms with Crippen LogP contribution in [0.4, 0.5) is 8.78 Å². The molecule has 0 radical (unpaired) electrons. The molecule has 1 aliphatic carbocycles. The highest BCUT2D eigenvalue weighted by Gasteiger charge is 2.27. The maximum Gasteiger partial charge on any atom is 0.323 e. The molecule has 1 unspecified atom stereocenters. The molecule has 156 valence electrons. The molecule has 2 N–H and O–H groups in total. The standard InChI is InChI=1S/C23H22F2N2O3/c24-15-6-8-20-17(11-15)18-12-16(7-9-21(18)27(20)13-23(29)30)26-22(28)10-5-14-3-1-2-4-19(14)25/h1-4,6,8,11,16H,5,7,9-10,12-13H2,(H,26,28)(H,29,30). The molecule has 1 atom stereocenters. The number of carbonyl (C=O) groups is 2. The van der Waals surface area contributed by atoms with Gasteiger partial charge in [-0.05, 0) is 61.1 Å². The largest absolute Gasteiger partial charge is 0.480 e.